The average Bonchev–Trinajstić information content (AvgIpc) is 3.26. The van der Waals surface area contributed by atoms with E-state index in [2.05, 4.69) is 38.6 Å². The quantitative estimate of drug-likeness (QED) is 0.0602. The van der Waals surface area contributed by atoms with Crippen LogP contribution in [0.1, 0.15) is 25.3 Å². The van der Waals surface area contributed by atoms with Crippen molar-refractivity contribution in [2.24, 2.45) is 22.2 Å². The van der Waals surface area contributed by atoms with Gasteiger partial charge in [-0.05, 0) is 31.4 Å². The number of nitrogens with zero attached hydrogens (tertiary/aromatic N) is 1. The number of hydrogen-bond acceptors (Lipinski definition) is 7. The lowest BCUT2D eigenvalue weighted by molar-refractivity contribution is -0.142. The molecule has 0 fully saturated rings. The van der Waals surface area contributed by atoms with E-state index in [1.807, 2.05) is 24.3 Å². The first-order chi connectivity index (χ1) is 17.5. The van der Waals surface area contributed by atoms with Crippen molar-refractivity contribution in [1.82, 2.24) is 20.9 Å². The Labute approximate surface area is 219 Å². The maximum Gasteiger partial charge on any atom is 0.326 e. The number of aliphatic imine (C=N–C) groups is 1. The third kappa shape index (κ3) is 8.99. The van der Waals surface area contributed by atoms with Crippen molar-refractivity contribution in [3.63, 3.8) is 0 Å². The number of amides is 3. The van der Waals surface area contributed by atoms with E-state index >= 15 is 0 Å². The van der Waals surface area contributed by atoms with Gasteiger partial charge in [-0.3, -0.25) is 19.4 Å². The highest BCUT2D eigenvalue weighted by Crippen LogP contribution is 2.19. The van der Waals surface area contributed by atoms with Crippen molar-refractivity contribution in [2.75, 3.05) is 12.3 Å². The minimum Gasteiger partial charge on any atom is -0.480 e. The number of para-hydroxylation sites is 1. The van der Waals surface area contributed by atoms with Crippen LogP contribution in [0.4, 0.5) is 0 Å². The maximum atomic E-state index is 12.8. The van der Waals surface area contributed by atoms with E-state index < -0.39 is 47.9 Å². The van der Waals surface area contributed by atoms with E-state index in [1.54, 1.807) is 6.20 Å². The summed E-state index contributed by atoms with van der Waals surface area (Å²) in [6.45, 7) is 1.75. The Morgan fingerprint density at radius 3 is 2.38 bits per heavy atom. The number of carboxylic acid groups (broad SMARTS) is 1. The number of rotatable bonds is 14. The number of carboxylic acids is 1. The van der Waals surface area contributed by atoms with Gasteiger partial charge in [-0.1, -0.05) is 18.2 Å². The fourth-order valence-electron chi connectivity index (χ4n) is 3.52. The van der Waals surface area contributed by atoms with Crippen LogP contribution in [0.15, 0.2) is 35.5 Å². The molecular formula is C23H34N8O5S. The first-order valence-corrected chi connectivity index (χ1v) is 12.3. The second-order valence-electron chi connectivity index (χ2n) is 8.49. The molecule has 4 atom stereocenters. The predicted molar refractivity (Wildman–Crippen MR) is 143 cm³/mol. The van der Waals surface area contributed by atoms with Gasteiger partial charge < -0.3 is 43.2 Å². The zero-order chi connectivity index (χ0) is 27.5. The molecular weight excluding hydrogens is 500 g/mol. The first-order valence-electron chi connectivity index (χ1n) is 11.6. The zero-order valence-corrected chi connectivity index (χ0v) is 21.3. The minimum atomic E-state index is -1.24. The number of fused-ring (bicyclic) bond motifs is 1. The Morgan fingerprint density at radius 1 is 1.05 bits per heavy atom. The fourth-order valence-corrected chi connectivity index (χ4v) is 3.78. The van der Waals surface area contributed by atoms with Crippen molar-refractivity contribution >= 4 is 53.2 Å². The number of nitrogens with two attached hydrogens (primary N) is 3. The van der Waals surface area contributed by atoms with Crippen molar-refractivity contribution in [2.45, 2.75) is 50.4 Å². The number of aromatic amines is 1. The number of thiol groups is 1. The van der Waals surface area contributed by atoms with Crippen molar-refractivity contribution in [3.05, 3.63) is 36.0 Å². The Hall–Kier alpha value is -3.78. The molecule has 0 spiro atoms. The Kier molecular flexibility index (Phi) is 11.2. The summed E-state index contributed by atoms with van der Waals surface area (Å²) in [4.78, 5) is 56.4. The van der Waals surface area contributed by atoms with Crippen LogP contribution in [0.3, 0.4) is 0 Å². The van der Waals surface area contributed by atoms with E-state index in [9.17, 15) is 24.3 Å². The molecule has 1 aromatic carbocycles. The molecule has 3 amide bonds. The lowest BCUT2D eigenvalue weighted by Gasteiger charge is -2.22. The summed E-state index contributed by atoms with van der Waals surface area (Å²) < 4.78 is 0. The summed E-state index contributed by atoms with van der Waals surface area (Å²) in [6.07, 6.45) is 2.50. The van der Waals surface area contributed by atoms with Crippen LogP contribution in [0.5, 0.6) is 0 Å². The monoisotopic (exact) mass is 534 g/mol. The molecule has 0 bridgehead atoms. The molecule has 0 saturated carbocycles. The molecule has 0 aliphatic rings. The van der Waals surface area contributed by atoms with E-state index in [1.165, 1.54) is 6.92 Å². The molecule has 0 radical (unpaired) electrons. The number of aromatic nitrogens is 1. The number of benzene rings is 1. The standard InChI is InChI=1S/C23H34N8O5S/c1-12(29-20(33)15(24)6-4-8-27-23(25)26)19(32)31-18(11-37)21(34)30-17(22(35)36)9-13-10-28-16-7-3-2-5-14(13)16/h2-3,5,7,10,12,15,17-18,28,37H,4,6,8-9,11,24H2,1H3,(H,29,33)(H,30,34)(H,31,32)(H,35,36)(H4,25,26,27). The van der Waals surface area contributed by atoms with Gasteiger partial charge in [0.25, 0.3) is 0 Å². The van der Waals surface area contributed by atoms with Crippen LogP contribution < -0.4 is 33.2 Å². The molecule has 13 nitrogen and oxygen atoms in total. The number of H-pyrrole nitrogens is 1. The van der Waals surface area contributed by atoms with Crippen LogP contribution in [-0.4, -0.2) is 76.2 Å². The smallest absolute Gasteiger partial charge is 0.326 e. The number of carbonyl (C=O) groups is 4. The Morgan fingerprint density at radius 2 is 1.73 bits per heavy atom. The molecule has 37 heavy (non-hydrogen) atoms. The topological polar surface area (TPSA) is 231 Å². The van der Waals surface area contributed by atoms with Crippen molar-refractivity contribution in [3.8, 4) is 0 Å². The van der Waals surface area contributed by atoms with Gasteiger partial charge in [0.15, 0.2) is 5.96 Å². The van der Waals surface area contributed by atoms with Gasteiger partial charge in [0.2, 0.25) is 17.7 Å². The maximum absolute atomic E-state index is 12.8. The van der Waals surface area contributed by atoms with E-state index in [4.69, 9.17) is 17.2 Å². The lowest BCUT2D eigenvalue weighted by atomic mass is 10.0. The average molecular weight is 535 g/mol. The number of aliphatic carboxylic acids is 1. The van der Waals surface area contributed by atoms with Gasteiger partial charge in [0.1, 0.15) is 18.1 Å². The predicted octanol–water partition coefficient (Wildman–Crippen LogP) is -1.42. The molecule has 14 heteroatoms. The van der Waals surface area contributed by atoms with Crippen LogP contribution in [0.2, 0.25) is 0 Å². The van der Waals surface area contributed by atoms with Crippen LogP contribution in [-0.2, 0) is 25.6 Å². The third-order valence-corrected chi connectivity index (χ3v) is 5.95. The molecule has 1 aromatic heterocycles. The molecule has 11 N–H and O–H groups in total. The van der Waals surface area contributed by atoms with Crippen LogP contribution >= 0.6 is 12.6 Å². The minimum absolute atomic E-state index is 0.0336. The summed E-state index contributed by atoms with van der Waals surface area (Å²) in [6, 6.07) is 3.14. The molecule has 0 aliphatic carbocycles. The SMILES string of the molecule is CC(NC(=O)C(N)CCCN=C(N)N)C(=O)NC(CS)C(=O)NC(Cc1c[nH]c2ccccc12)C(=O)O. The number of nitrogens with one attached hydrogen (secondary N) is 4. The number of hydrogen-bond donors (Lipinski definition) is 9. The zero-order valence-electron chi connectivity index (χ0n) is 20.4. The summed E-state index contributed by atoms with van der Waals surface area (Å²) in [5.74, 6) is -3.30. The Bertz CT molecular complexity index is 1130. The van der Waals surface area contributed by atoms with Gasteiger partial charge in [-0.15, -0.1) is 0 Å². The summed E-state index contributed by atoms with van der Waals surface area (Å²) in [5.41, 5.74) is 17.9. The molecule has 202 valence electrons. The van der Waals surface area contributed by atoms with Gasteiger partial charge >= 0.3 is 5.97 Å². The van der Waals surface area contributed by atoms with Gasteiger partial charge in [0, 0.05) is 35.8 Å². The largest absolute Gasteiger partial charge is 0.480 e. The third-order valence-electron chi connectivity index (χ3n) is 5.59. The molecule has 2 rings (SSSR count). The van der Waals surface area contributed by atoms with E-state index in [-0.39, 0.29) is 18.1 Å². The van der Waals surface area contributed by atoms with E-state index in [0.29, 0.717) is 19.4 Å². The summed E-state index contributed by atoms with van der Waals surface area (Å²) in [5, 5.41) is 17.9. The fraction of sp³-hybridized carbons (Fsp3) is 0.435. The Balaban J connectivity index is 1.92. The van der Waals surface area contributed by atoms with Crippen molar-refractivity contribution < 1.29 is 24.3 Å². The van der Waals surface area contributed by atoms with E-state index in [0.717, 1.165) is 16.5 Å². The van der Waals surface area contributed by atoms with Crippen LogP contribution in [0, 0.1) is 0 Å². The van der Waals surface area contributed by atoms with Gasteiger partial charge in [-0.25, -0.2) is 4.79 Å². The second kappa shape index (κ2) is 14.1. The summed E-state index contributed by atoms with van der Waals surface area (Å²) in [7, 11) is 0. The summed E-state index contributed by atoms with van der Waals surface area (Å²) >= 11 is 4.11. The molecule has 2 aromatic rings. The number of guanidine groups is 1. The highest BCUT2D eigenvalue weighted by Gasteiger charge is 2.28. The highest BCUT2D eigenvalue weighted by molar-refractivity contribution is 7.80. The number of carbonyl (C=O) groups excluding carboxylic acids is 3. The van der Waals surface area contributed by atoms with Crippen molar-refractivity contribution in [1.29, 1.82) is 0 Å². The molecule has 1 heterocycles. The molecule has 0 aliphatic heterocycles. The first kappa shape index (κ1) is 29.5. The second-order valence-corrected chi connectivity index (χ2v) is 8.86. The lowest BCUT2D eigenvalue weighted by Crippen LogP contribution is -2.57. The highest BCUT2D eigenvalue weighted by atomic mass is 32.1. The van der Waals surface area contributed by atoms with Gasteiger partial charge in [0.05, 0.1) is 6.04 Å². The molecule has 0 saturated heterocycles. The van der Waals surface area contributed by atoms with Crippen LogP contribution in [0.25, 0.3) is 10.9 Å². The molecule has 4 unspecified atom stereocenters. The normalized spacial score (nSPS) is 14.1. The van der Waals surface area contributed by atoms with Gasteiger partial charge in [-0.2, -0.15) is 12.6 Å².